The molecule has 2 aromatic rings. The van der Waals surface area contributed by atoms with Gasteiger partial charge in [0.1, 0.15) is 12.4 Å². The maximum Gasteiger partial charge on any atom is 0.257 e. The fraction of sp³-hybridized carbons (Fsp3) is 0.588. The van der Waals surface area contributed by atoms with Gasteiger partial charge in [0.2, 0.25) is 11.8 Å². The molecule has 0 radical (unpaired) electrons. The zero-order chi connectivity index (χ0) is 16.1. The summed E-state index contributed by atoms with van der Waals surface area (Å²) in [6.07, 6.45) is 7.03. The van der Waals surface area contributed by atoms with Gasteiger partial charge in [0.05, 0.1) is 17.9 Å². The first-order valence-corrected chi connectivity index (χ1v) is 8.58. The van der Waals surface area contributed by atoms with Crippen LogP contribution in [0.15, 0.2) is 27.4 Å². The normalized spacial score (nSPS) is 29.7. The molecule has 0 unspecified atom stereocenters. The maximum atomic E-state index is 12.5. The number of aromatic nitrogens is 2. The lowest BCUT2D eigenvalue weighted by Crippen LogP contribution is -2.45. The van der Waals surface area contributed by atoms with E-state index in [0.717, 1.165) is 38.1 Å². The average Bonchev–Trinajstić information content (AvgIpc) is 3.06. The molecule has 5 rings (SSSR count). The molecule has 0 aromatic carbocycles. The Morgan fingerprint density at radius 1 is 1.21 bits per heavy atom. The van der Waals surface area contributed by atoms with E-state index in [-0.39, 0.29) is 18.1 Å². The fourth-order valence-corrected chi connectivity index (χ4v) is 3.71. The molecular weight excluding hydrogens is 310 g/mol. The van der Waals surface area contributed by atoms with Crippen LogP contribution in [0.3, 0.4) is 0 Å². The molecular formula is C17H19N3O4. The van der Waals surface area contributed by atoms with Crippen molar-refractivity contribution in [1.29, 1.82) is 0 Å². The minimum Gasteiger partial charge on any atom is -0.472 e. The lowest BCUT2D eigenvalue weighted by Gasteiger charge is -2.33. The summed E-state index contributed by atoms with van der Waals surface area (Å²) in [7, 11) is 0. The Bertz CT molecular complexity index is 737. The van der Waals surface area contributed by atoms with E-state index >= 15 is 0 Å². The number of rotatable bonds is 3. The number of fused-ring (bicyclic) bond motifs is 1. The first kappa shape index (κ1) is 14.2. The van der Waals surface area contributed by atoms with Crippen molar-refractivity contribution >= 4 is 5.91 Å². The monoisotopic (exact) mass is 329 g/mol. The molecule has 1 saturated carbocycles. The van der Waals surface area contributed by atoms with Gasteiger partial charge in [0.25, 0.3) is 5.91 Å². The van der Waals surface area contributed by atoms with Crippen LogP contribution in [-0.2, 0) is 4.74 Å². The molecule has 3 atom stereocenters. The second-order valence-corrected chi connectivity index (χ2v) is 6.96. The van der Waals surface area contributed by atoms with Crippen molar-refractivity contribution < 1.29 is 18.4 Å². The van der Waals surface area contributed by atoms with Gasteiger partial charge >= 0.3 is 0 Å². The number of likely N-dealkylation sites (tertiary alicyclic amines) is 1. The van der Waals surface area contributed by atoms with E-state index in [9.17, 15) is 4.79 Å². The third-order valence-corrected chi connectivity index (χ3v) is 5.27. The van der Waals surface area contributed by atoms with E-state index in [1.807, 2.05) is 4.90 Å². The highest BCUT2D eigenvalue weighted by molar-refractivity contribution is 5.93. The minimum absolute atomic E-state index is 0.00283. The summed E-state index contributed by atoms with van der Waals surface area (Å²) < 4.78 is 16.9. The zero-order valence-electron chi connectivity index (χ0n) is 13.3. The van der Waals surface area contributed by atoms with Crippen LogP contribution in [0.1, 0.15) is 59.8 Å². The molecule has 3 aliphatic rings. The van der Waals surface area contributed by atoms with Crippen molar-refractivity contribution in [3.63, 3.8) is 0 Å². The summed E-state index contributed by atoms with van der Waals surface area (Å²) in [6.45, 7) is 1.35. The molecule has 3 fully saturated rings. The van der Waals surface area contributed by atoms with Crippen LogP contribution in [0.4, 0.5) is 0 Å². The van der Waals surface area contributed by atoms with Crippen molar-refractivity contribution in [2.45, 2.75) is 43.8 Å². The number of carbonyl (C=O) groups excluding carboxylic acids is 1. The van der Waals surface area contributed by atoms with E-state index in [4.69, 9.17) is 13.6 Å². The van der Waals surface area contributed by atoms with E-state index < -0.39 is 0 Å². The molecule has 1 amide bonds. The molecule has 4 heterocycles. The number of ether oxygens (including phenoxy) is 1. The van der Waals surface area contributed by atoms with Gasteiger partial charge in [0.15, 0.2) is 0 Å². The molecule has 2 aliphatic heterocycles. The van der Waals surface area contributed by atoms with Crippen LogP contribution >= 0.6 is 0 Å². The second-order valence-electron chi connectivity index (χ2n) is 6.96. The van der Waals surface area contributed by atoms with Crippen LogP contribution in [0.5, 0.6) is 0 Å². The number of piperidine rings is 1. The lowest BCUT2D eigenvalue weighted by atomic mass is 9.91. The van der Waals surface area contributed by atoms with Crippen molar-refractivity contribution in [2.75, 3.05) is 13.1 Å². The van der Waals surface area contributed by atoms with E-state index in [2.05, 4.69) is 10.2 Å². The minimum atomic E-state index is -0.135. The Labute approximate surface area is 139 Å². The molecule has 0 bridgehead atoms. The van der Waals surface area contributed by atoms with E-state index in [1.165, 1.54) is 12.5 Å². The number of amides is 1. The van der Waals surface area contributed by atoms with Gasteiger partial charge < -0.3 is 18.5 Å². The number of nitrogens with zero attached hydrogens (tertiary/aromatic N) is 3. The molecule has 126 valence electrons. The van der Waals surface area contributed by atoms with E-state index in [1.54, 1.807) is 6.07 Å². The molecule has 24 heavy (non-hydrogen) atoms. The Morgan fingerprint density at radius 2 is 2.08 bits per heavy atom. The maximum absolute atomic E-state index is 12.5. The largest absolute Gasteiger partial charge is 0.472 e. The van der Waals surface area contributed by atoms with Crippen LogP contribution < -0.4 is 0 Å². The number of carbonyl (C=O) groups is 1. The first-order valence-electron chi connectivity index (χ1n) is 8.58. The van der Waals surface area contributed by atoms with Gasteiger partial charge in [-0.1, -0.05) is 0 Å². The smallest absolute Gasteiger partial charge is 0.257 e. The predicted octanol–water partition coefficient (Wildman–Crippen LogP) is 2.53. The summed E-state index contributed by atoms with van der Waals surface area (Å²) in [5.74, 6) is 2.25. The first-order chi connectivity index (χ1) is 11.8. The predicted molar refractivity (Wildman–Crippen MR) is 81.2 cm³/mol. The standard InChI is InChI=1S/C17H19N3O4/c21-17(12-4-6-22-9-12)20-5-3-11-7-13(23-14(11)8-20)16-19-18-15(24-16)10-1-2-10/h4,6,9-11,13-14H,1-3,5,7-8H2/t11-,13-,14+/m0/s1. The van der Waals surface area contributed by atoms with Crippen molar-refractivity contribution in [3.05, 3.63) is 35.9 Å². The highest BCUT2D eigenvalue weighted by Gasteiger charge is 2.43. The molecule has 1 aliphatic carbocycles. The van der Waals surface area contributed by atoms with Crippen molar-refractivity contribution in [1.82, 2.24) is 15.1 Å². The van der Waals surface area contributed by atoms with Gasteiger partial charge in [-0.05, 0) is 37.7 Å². The molecule has 2 aromatic heterocycles. The van der Waals surface area contributed by atoms with E-state index in [0.29, 0.717) is 29.8 Å². The summed E-state index contributed by atoms with van der Waals surface area (Å²) in [5, 5.41) is 8.32. The Morgan fingerprint density at radius 3 is 2.88 bits per heavy atom. The van der Waals surface area contributed by atoms with Crippen LogP contribution in [0.2, 0.25) is 0 Å². The topological polar surface area (TPSA) is 81.6 Å². The van der Waals surface area contributed by atoms with Gasteiger partial charge in [-0.2, -0.15) is 0 Å². The van der Waals surface area contributed by atoms with Crippen molar-refractivity contribution in [3.8, 4) is 0 Å². The fourth-order valence-electron chi connectivity index (χ4n) is 3.71. The Balaban J connectivity index is 1.26. The summed E-state index contributed by atoms with van der Waals surface area (Å²) in [5.41, 5.74) is 0.592. The molecule has 7 nitrogen and oxygen atoms in total. The third kappa shape index (κ3) is 2.43. The number of furan rings is 1. The lowest BCUT2D eigenvalue weighted by molar-refractivity contribution is -0.0124. The molecule has 2 saturated heterocycles. The Kier molecular flexibility index (Phi) is 3.22. The van der Waals surface area contributed by atoms with Gasteiger partial charge in [-0.3, -0.25) is 4.79 Å². The summed E-state index contributed by atoms with van der Waals surface area (Å²) >= 11 is 0. The highest BCUT2D eigenvalue weighted by Crippen LogP contribution is 2.43. The number of hydrogen-bond donors (Lipinski definition) is 0. The molecule has 0 N–H and O–H groups in total. The number of hydrogen-bond acceptors (Lipinski definition) is 6. The second kappa shape index (κ2) is 5.44. The van der Waals surface area contributed by atoms with Crippen LogP contribution in [0.25, 0.3) is 0 Å². The summed E-state index contributed by atoms with van der Waals surface area (Å²) in [4.78, 5) is 14.3. The van der Waals surface area contributed by atoms with Gasteiger partial charge in [-0.25, -0.2) is 0 Å². The highest BCUT2D eigenvalue weighted by atomic mass is 16.5. The average molecular weight is 329 g/mol. The van der Waals surface area contributed by atoms with Gasteiger partial charge in [0, 0.05) is 19.0 Å². The summed E-state index contributed by atoms with van der Waals surface area (Å²) in [6, 6.07) is 1.70. The van der Waals surface area contributed by atoms with Crippen LogP contribution in [0, 0.1) is 5.92 Å². The molecule has 7 heteroatoms. The van der Waals surface area contributed by atoms with Crippen molar-refractivity contribution in [2.24, 2.45) is 5.92 Å². The SMILES string of the molecule is O=C(c1ccoc1)N1CC[C@H]2C[C@@H](c3nnc(C4CC4)o3)O[C@@H]2C1. The third-order valence-electron chi connectivity index (χ3n) is 5.27. The molecule has 0 spiro atoms. The quantitative estimate of drug-likeness (QED) is 0.860. The van der Waals surface area contributed by atoms with Crippen LogP contribution in [-0.4, -0.2) is 40.2 Å². The van der Waals surface area contributed by atoms with Gasteiger partial charge in [-0.15, -0.1) is 10.2 Å². The zero-order valence-corrected chi connectivity index (χ0v) is 13.3. The Hall–Kier alpha value is -2.15.